The molecule has 0 bridgehead atoms. The summed E-state index contributed by atoms with van der Waals surface area (Å²) in [6.07, 6.45) is 3.41. The van der Waals surface area contributed by atoms with Crippen molar-refractivity contribution in [2.75, 3.05) is 24.9 Å². The highest BCUT2D eigenvalue weighted by Crippen LogP contribution is 2.37. The van der Waals surface area contributed by atoms with Crippen LogP contribution in [-0.4, -0.2) is 39.3 Å². The van der Waals surface area contributed by atoms with Crippen LogP contribution in [0.5, 0.6) is 11.5 Å². The van der Waals surface area contributed by atoms with Crippen molar-refractivity contribution in [2.45, 2.75) is 13.0 Å². The Labute approximate surface area is 199 Å². The number of nitrogens with one attached hydrogen (secondary N) is 2. The van der Waals surface area contributed by atoms with Gasteiger partial charge in [0.15, 0.2) is 23.1 Å². The fourth-order valence-corrected chi connectivity index (χ4v) is 3.33. The summed E-state index contributed by atoms with van der Waals surface area (Å²) in [5, 5.41) is 15.6. The van der Waals surface area contributed by atoms with Gasteiger partial charge >= 0.3 is 0 Å². The van der Waals surface area contributed by atoms with E-state index in [-0.39, 0.29) is 17.3 Å². The minimum Gasteiger partial charge on any atom is -0.493 e. The number of anilines is 4. The van der Waals surface area contributed by atoms with Crippen LogP contribution in [0.1, 0.15) is 18.6 Å². The summed E-state index contributed by atoms with van der Waals surface area (Å²) in [5.41, 5.74) is 1.72. The molecule has 9 nitrogen and oxygen atoms in total. The number of aliphatic hydroxyl groups is 1. The maximum atomic E-state index is 14.9. The first-order valence-corrected chi connectivity index (χ1v) is 10.5. The molecule has 0 aliphatic rings. The minimum atomic E-state index is -0.946. The molecule has 3 N–H and O–H groups in total. The molecule has 4 rings (SSSR count). The van der Waals surface area contributed by atoms with Crippen LogP contribution in [0.4, 0.5) is 31.8 Å². The van der Waals surface area contributed by atoms with E-state index in [4.69, 9.17) is 9.47 Å². The molecule has 4 aromatic rings. The number of methoxy groups -OCH3 is 2. The SMILES string of the molecule is COc1cc(OC)c(F)c(Nc2ncncc2-c2cc(Nc3cccc(C(C)O)c3)ncn2)c1F. The lowest BCUT2D eigenvalue weighted by Crippen LogP contribution is -2.05. The van der Waals surface area contributed by atoms with E-state index in [1.165, 1.54) is 33.1 Å². The zero-order valence-corrected chi connectivity index (χ0v) is 19.1. The van der Waals surface area contributed by atoms with E-state index in [1.807, 2.05) is 18.2 Å². The zero-order valence-electron chi connectivity index (χ0n) is 19.1. The number of hydrogen-bond acceptors (Lipinski definition) is 9. The molecule has 0 spiro atoms. The first-order chi connectivity index (χ1) is 16.9. The van der Waals surface area contributed by atoms with Crippen molar-refractivity contribution in [3.8, 4) is 22.8 Å². The average Bonchev–Trinajstić information content (AvgIpc) is 2.87. The summed E-state index contributed by atoms with van der Waals surface area (Å²) in [6, 6.07) is 10.0. The van der Waals surface area contributed by atoms with E-state index in [1.54, 1.807) is 19.1 Å². The average molecular weight is 480 g/mol. The van der Waals surface area contributed by atoms with Gasteiger partial charge in [-0.15, -0.1) is 0 Å². The monoisotopic (exact) mass is 480 g/mol. The summed E-state index contributed by atoms with van der Waals surface area (Å²) in [5.74, 6) is -1.73. The number of aromatic nitrogens is 4. The van der Waals surface area contributed by atoms with Crippen molar-refractivity contribution in [3.05, 3.63) is 72.4 Å². The van der Waals surface area contributed by atoms with Gasteiger partial charge in [0.25, 0.3) is 0 Å². The smallest absolute Gasteiger partial charge is 0.191 e. The van der Waals surface area contributed by atoms with Gasteiger partial charge in [-0.3, -0.25) is 0 Å². The molecule has 0 aliphatic carbocycles. The van der Waals surface area contributed by atoms with E-state index in [2.05, 4.69) is 30.6 Å². The summed E-state index contributed by atoms with van der Waals surface area (Å²) in [7, 11) is 2.53. The summed E-state index contributed by atoms with van der Waals surface area (Å²) >= 11 is 0. The van der Waals surface area contributed by atoms with Crippen molar-refractivity contribution >= 4 is 23.0 Å². The van der Waals surface area contributed by atoms with Gasteiger partial charge < -0.3 is 25.2 Å². The second kappa shape index (κ2) is 10.3. The molecule has 0 fully saturated rings. The van der Waals surface area contributed by atoms with Crippen LogP contribution in [0.25, 0.3) is 11.3 Å². The summed E-state index contributed by atoms with van der Waals surface area (Å²) in [4.78, 5) is 16.7. The first-order valence-electron chi connectivity index (χ1n) is 10.5. The number of ether oxygens (including phenoxy) is 2. The lowest BCUT2D eigenvalue weighted by Gasteiger charge is -2.15. The molecular weight excluding hydrogens is 458 g/mol. The van der Waals surface area contributed by atoms with E-state index in [0.717, 1.165) is 11.6 Å². The van der Waals surface area contributed by atoms with Crippen molar-refractivity contribution in [1.82, 2.24) is 19.9 Å². The molecule has 11 heteroatoms. The van der Waals surface area contributed by atoms with E-state index in [9.17, 15) is 13.9 Å². The molecule has 2 aromatic carbocycles. The standard InChI is InChI=1S/C24H22F2N6O3/c1-13(33)14-5-4-6-15(7-14)31-20-8-17(28-12-29-20)16-10-27-11-30-24(16)32-23-21(25)18(34-2)9-19(35-3)22(23)26/h4-13,33H,1-3H3,(H,27,30,32)(H,28,29,31). The van der Waals surface area contributed by atoms with Gasteiger partial charge in [0.05, 0.1) is 31.6 Å². The Kier molecular flexibility index (Phi) is 6.97. The number of hydrogen-bond donors (Lipinski definition) is 3. The molecule has 180 valence electrons. The third-order valence-electron chi connectivity index (χ3n) is 5.11. The molecule has 1 unspecified atom stereocenters. The van der Waals surface area contributed by atoms with E-state index >= 15 is 0 Å². The Morgan fingerprint density at radius 3 is 2.34 bits per heavy atom. The topological polar surface area (TPSA) is 114 Å². The van der Waals surface area contributed by atoms with E-state index < -0.39 is 23.4 Å². The summed E-state index contributed by atoms with van der Waals surface area (Å²) < 4.78 is 39.8. The van der Waals surface area contributed by atoms with Crippen LogP contribution in [0, 0.1) is 11.6 Å². The molecule has 0 radical (unpaired) electrons. The Morgan fingerprint density at radius 2 is 1.66 bits per heavy atom. The van der Waals surface area contributed by atoms with Crippen LogP contribution in [-0.2, 0) is 0 Å². The molecular formula is C24H22F2N6O3. The van der Waals surface area contributed by atoms with Crippen LogP contribution in [0.3, 0.4) is 0 Å². The normalized spacial score (nSPS) is 11.6. The van der Waals surface area contributed by atoms with Gasteiger partial charge in [0.1, 0.15) is 30.0 Å². The Bertz CT molecular complexity index is 1320. The second-order valence-electron chi connectivity index (χ2n) is 7.41. The quantitative estimate of drug-likeness (QED) is 0.328. The maximum Gasteiger partial charge on any atom is 0.191 e. The number of nitrogens with zero attached hydrogens (tertiary/aromatic N) is 4. The van der Waals surface area contributed by atoms with Gasteiger partial charge in [-0.05, 0) is 24.6 Å². The third-order valence-corrected chi connectivity index (χ3v) is 5.11. The number of rotatable bonds is 8. The fourth-order valence-electron chi connectivity index (χ4n) is 3.33. The Hall–Kier alpha value is -4.38. The second-order valence-corrected chi connectivity index (χ2v) is 7.41. The van der Waals surface area contributed by atoms with Gasteiger partial charge in [-0.25, -0.2) is 28.7 Å². The van der Waals surface area contributed by atoms with E-state index in [0.29, 0.717) is 22.8 Å². The van der Waals surface area contributed by atoms with Crippen molar-refractivity contribution in [3.63, 3.8) is 0 Å². The largest absolute Gasteiger partial charge is 0.493 e. The minimum absolute atomic E-state index is 0.105. The fraction of sp³-hybridized carbons (Fsp3) is 0.167. The Balaban J connectivity index is 1.69. The lowest BCUT2D eigenvalue weighted by atomic mass is 10.1. The van der Waals surface area contributed by atoms with Gasteiger partial charge in [-0.1, -0.05) is 12.1 Å². The summed E-state index contributed by atoms with van der Waals surface area (Å²) in [6.45, 7) is 1.68. The molecule has 0 amide bonds. The van der Waals surface area contributed by atoms with Crippen LogP contribution in [0.15, 0.2) is 55.2 Å². The van der Waals surface area contributed by atoms with Crippen LogP contribution in [0.2, 0.25) is 0 Å². The highest BCUT2D eigenvalue weighted by Gasteiger charge is 2.22. The Morgan fingerprint density at radius 1 is 0.914 bits per heavy atom. The number of aliphatic hydroxyl groups excluding tert-OH is 1. The first kappa shape index (κ1) is 23.8. The highest BCUT2D eigenvalue weighted by molar-refractivity contribution is 5.78. The molecule has 0 saturated heterocycles. The maximum absolute atomic E-state index is 14.9. The lowest BCUT2D eigenvalue weighted by molar-refractivity contribution is 0.199. The third kappa shape index (κ3) is 5.09. The molecule has 1 atom stereocenters. The van der Waals surface area contributed by atoms with Crippen LogP contribution < -0.4 is 20.1 Å². The predicted octanol–water partition coefficient (Wildman–Crippen LogP) is 4.77. The number of halogens is 2. The number of benzene rings is 2. The molecule has 35 heavy (non-hydrogen) atoms. The highest BCUT2D eigenvalue weighted by atomic mass is 19.1. The van der Waals surface area contributed by atoms with Crippen molar-refractivity contribution < 1.29 is 23.4 Å². The zero-order chi connectivity index (χ0) is 24.9. The van der Waals surface area contributed by atoms with Crippen molar-refractivity contribution in [1.29, 1.82) is 0 Å². The van der Waals surface area contributed by atoms with Gasteiger partial charge in [-0.2, -0.15) is 0 Å². The predicted molar refractivity (Wildman–Crippen MR) is 126 cm³/mol. The van der Waals surface area contributed by atoms with Crippen LogP contribution >= 0.6 is 0 Å². The van der Waals surface area contributed by atoms with Gasteiger partial charge in [0.2, 0.25) is 0 Å². The van der Waals surface area contributed by atoms with Gasteiger partial charge in [0, 0.05) is 24.0 Å². The van der Waals surface area contributed by atoms with Crippen molar-refractivity contribution in [2.24, 2.45) is 0 Å². The molecule has 2 aromatic heterocycles. The molecule has 2 heterocycles. The molecule has 0 saturated carbocycles. The molecule has 0 aliphatic heterocycles.